The van der Waals surface area contributed by atoms with Gasteiger partial charge in [-0.3, -0.25) is 4.79 Å². The van der Waals surface area contributed by atoms with Gasteiger partial charge in [-0.15, -0.1) is 0 Å². The van der Waals surface area contributed by atoms with E-state index in [1.54, 1.807) is 24.3 Å². The van der Waals surface area contributed by atoms with Crippen molar-refractivity contribution in [3.63, 3.8) is 0 Å². The van der Waals surface area contributed by atoms with Crippen molar-refractivity contribution in [2.45, 2.75) is 13.0 Å². The highest BCUT2D eigenvalue weighted by atomic mass is 35.5. The summed E-state index contributed by atoms with van der Waals surface area (Å²) in [6, 6.07) is 20.4. The molecule has 1 atom stereocenters. The molecule has 0 spiro atoms. The van der Waals surface area contributed by atoms with Crippen LogP contribution in [0.3, 0.4) is 0 Å². The fraction of sp³-hybridized carbons (Fsp3) is 0.0833. The van der Waals surface area contributed by atoms with E-state index in [1.807, 2.05) is 43.3 Å². The molecule has 2 heterocycles. The van der Waals surface area contributed by atoms with E-state index in [2.05, 4.69) is 16.8 Å². The highest BCUT2D eigenvalue weighted by molar-refractivity contribution is 6.35. The average molecular weight is 447 g/mol. The van der Waals surface area contributed by atoms with Gasteiger partial charge in [-0.1, -0.05) is 47.5 Å². The molecule has 2 aliphatic rings. The SMILES string of the molecule is CC1NN2C(=O)c3ccc(-c4ccc(C#N)cc4)cc3NC2=C1c1ccc(Cl)cc1Cl. The van der Waals surface area contributed by atoms with Crippen LogP contribution >= 0.6 is 23.2 Å². The zero-order chi connectivity index (χ0) is 21.7. The first-order chi connectivity index (χ1) is 15.0. The van der Waals surface area contributed by atoms with Crippen molar-refractivity contribution in [2.75, 3.05) is 5.32 Å². The van der Waals surface area contributed by atoms with Gasteiger partial charge >= 0.3 is 0 Å². The van der Waals surface area contributed by atoms with Crippen molar-refractivity contribution in [3.05, 3.63) is 93.2 Å². The van der Waals surface area contributed by atoms with E-state index in [9.17, 15) is 4.79 Å². The molecule has 5 nitrogen and oxygen atoms in total. The second kappa shape index (κ2) is 7.44. The van der Waals surface area contributed by atoms with E-state index < -0.39 is 0 Å². The molecule has 3 aromatic rings. The van der Waals surface area contributed by atoms with Gasteiger partial charge in [-0.25, -0.2) is 10.4 Å². The lowest BCUT2D eigenvalue weighted by Crippen LogP contribution is -2.44. The fourth-order valence-electron chi connectivity index (χ4n) is 4.00. The summed E-state index contributed by atoms with van der Waals surface area (Å²) >= 11 is 12.5. The Morgan fingerprint density at radius 1 is 0.968 bits per heavy atom. The molecule has 31 heavy (non-hydrogen) atoms. The lowest BCUT2D eigenvalue weighted by Gasteiger charge is -2.29. The van der Waals surface area contributed by atoms with Gasteiger partial charge in [0.05, 0.1) is 28.9 Å². The molecule has 3 aromatic carbocycles. The van der Waals surface area contributed by atoms with E-state index in [1.165, 1.54) is 5.01 Å². The van der Waals surface area contributed by atoms with E-state index in [4.69, 9.17) is 28.5 Å². The van der Waals surface area contributed by atoms with Gasteiger partial charge in [-0.2, -0.15) is 5.26 Å². The number of halogens is 2. The van der Waals surface area contributed by atoms with Crippen molar-refractivity contribution in [3.8, 4) is 17.2 Å². The topological polar surface area (TPSA) is 68.2 Å². The predicted octanol–water partition coefficient (Wildman–Crippen LogP) is 5.68. The molecular formula is C24H16Cl2N4O. The molecule has 0 aromatic heterocycles. The van der Waals surface area contributed by atoms with Gasteiger partial charge in [0.15, 0.2) is 0 Å². The number of amides is 1. The number of carbonyl (C=O) groups excluding carboxylic acids is 1. The normalized spacial score (nSPS) is 17.2. The van der Waals surface area contributed by atoms with Crippen LogP contribution in [0.2, 0.25) is 10.0 Å². The van der Waals surface area contributed by atoms with Gasteiger partial charge in [0.1, 0.15) is 5.82 Å². The lowest BCUT2D eigenvalue weighted by atomic mass is 9.98. The van der Waals surface area contributed by atoms with Crippen LogP contribution in [0, 0.1) is 11.3 Å². The number of rotatable bonds is 2. The molecule has 2 N–H and O–H groups in total. The van der Waals surface area contributed by atoms with E-state index >= 15 is 0 Å². The molecule has 152 valence electrons. The smallest absolute Gasteiger partial charge is 0.276 e. The first-order valence-corrected chi connectivity index (χ1v) is 10.4. The number of hydrogen-bond acceptors (Lipinski definition) is 4. The molecule has 0 bridgehead atoms. The van der Waals surface area contributed by atoms with E-state index in [0.29, 0.717) is 27.0 Å². The third kappa shape index (κ3) is 3.26. The first-order valence-electron chi connectivity index (χ1n) is 9.68. The molecule has 0 aliphatic carbocycles. The predicted molar refractivity (Wildman–Crippen MR) is 122 cm³/mol. The fourth-order valence-corrected chi connectivity index (χ4v) is 4.51. The average Bonchev–Trinajstić information content (AvgIpc) is 3.10. The van der Waals surface area contributed by atoms with Crippen LogP contribution in [0.15, 0.2) is 66.5 Å². The number of benzene rings is 3. The molecule has 2 aliphatic heterocycles. The second-order valence-electron chi connectivity index (χ2n) is 7.45. The number of nitrogens with one attached hydrogen (secondary N) is 2. The van der Waals surface area contributed by atoms with E-state index in [-0.39, 0.29) is 11.9 Å². The number of hydrogen-bond donors (Lipinski definition) is 2. The number of carbonyl (C=O) groups is 1. The quantitative estimate of drug-likeness (QED) is 0.531. The minimum Gasteiger partial charge on any atom is -0.339 e. The van der Waals surface area contributed by atoms with Crippen LogP contribution in [0.5, 0.6) is 0 Å². The Balaban J connectivity index is 1.60. The molecule has 0 saturated carbocycles. The number of hydrazine groups is 1. The summed E-state index contributed by atoms with van der Waals surface area (Å²) in [5.41, 5.74) is 8.74. The van der Waals surface area contributed by atoms with E-state index in [0.717, 1.165) is 28.0 Å². The Hall–Kier alpha value is -3.30. The van der Waals surface area contributed by atoms with Gasteiger partial charge < -0.3 is 5.32 Å². The maximum absolute atomic E-state index is 13.2. The van der Waals surface area contributed by atoms with Crippen molar-refractivity contribution in [2.24, 2.45) is 0 Å². The Morgan fingerprint density at radius 3 is 2.39 bits per heavy atom. The van der Waals surface area contributed by atoms with Gasteiger partial charge in [0, 0.05) is 21.2 Å². The highest BCUT2D eigenvalue weighted by Crippen LogP contribution is 2.40. The van der Waals surface area contributed by atoms with Crippen LogP contribution < -0.4 is 10.7 Å². The maximum atomic E-state index is 13.2. The van der Waals surface area contributed by atoms with Gasteiger partial charge in [0.2, 0.25) is 0 Å². The number of nitrogens with zero attached hydrogens (tertiary/aromatic N) is 2. The number of fused-ring (bicyclic) bond motifs is 2. The Morgan fingerprint density at radius 2 is 1.68 bits per heavy atom. The molecule has 1 unspecified atom stereocenters. The Kier molecular flexibility index (Phi) is 4.71. The summed E-state index contributed by atoms with van der Waals surface area (Å²) < 4.78 is 0. The molecule has 1 amide bonds. The summed E-state index contributed by atoms with van der Waals surface area (Å²) in [5, 5.41) is 15.1. The zero-order valence-electron chi connectivity index (χ0n) is 16.4. The standard InChI is InChI=1S/C24H16Cl2N4O/c1-13-22(18-9-7-17(25)11-20(18)26)23-28-21-10-16(15-4-2-14(12-27)3-5-15)6-8-19(21)24(31)30(23)29-13/h2-11,13,28-29H,1H3. The Labute approximate surface area is 189 Å². The molecule has 5 rings (SSSR count). The monoisotopic (exact) mass is 446 g/mol. The highest BCUT2D eigenvalue weighted by Gasteiger charge is 2.38. The lowest BCUT2D eigenvalue weighted by molar-refractivity contribution is 0.0740. The van der Waals surface area contributed by atoms with Crippen molar-refractivity contribution < 1.29 is 4.79 Å². The summed E-state index contributed by atoms with van der Waals surface area (Å²) in [6.45, 7) is 1.98. The van der Waals surface area contributed by atoms with Crippen molar-refractivity contribution in [1.29, 1.82) is 5.26 Å². The third-order valence-corrected chi connectivity index (χ3v) is 6.06. The molecular weight excluding hydrogens is 431 g/mol. The van der Waals surface area contributed by atoms with Crippen LogP contribution in [0.4, 0.5) is 5.69 Å². The van der Waals surface area contributed by atoms with Gasteiger partial charge in [0.25, 0.3) is 5.91 Å². The van der Waals surface area contributed by atoms with Crippen molar-refractivity contribution >= 4 is 40.4 Å². The minimum absolute atomic E-state index is 0.127. The van der Waals surface area contributed by atoms with Crippen LogP contribution in [-0.2, 0) is 0 Å². The van der Waals surface area contributed by atoms with Crippen LogP contribution in [0.1, 0.15) is 28.4 Å². The molecule has 0 saturated heterocycles. The number of nitriles is 1. The summed E-state index contributed by atoms with van der Waals surface area (Å²) in [6.07, 6.45) is 0. The van der Waals surface area contributed by atoms with Gasteiger partial charge in [-0.05, 0) is 54.4 Å². The minimum atomic E-state index is -0.137. The van der Waals surface area contributed by atoms with Crippen LogP contribution in [-0.4, -0.2) is 17.0 Å². The molecule has 0 fully saturated rings. The largest absolute Gasteiger partial charge is 0.339 e. The van der Waals surface area contributed by atoms with Crippen LogP contribution in [0.25, 0.3) is 16.7 Å². The molecule has 7 heteroatoms. The second-order valence-corrected chi connectivity index (χ2v) is 8.30. The summed E-state index contributed by atoms with van der Waals surface area (Å²) in [5.74, 6) is 0.522. The zero-order valence-corrected chi connectivity index (χ0v) is 17.9. The number of anilines is 1. The first kappa shape index (κ1) is 19.7. The summed E-state index contributed by atoms with van der Waals surface area (Å²) in [7, 11) is 0. The molecule has 0 radical (unpaired) electrons. The summed E-state index contributed by atoms with van der Waals surface area (Å²) in [4.78, 5) is 13.2. The third-order valence-electron chi connectivity index (χ3n) is 5.51. The maximum Gasteiger partial charge on any atom is 0.276 e. The van der Waals surface area contributed by atoms with Crippen molar-refractivity contribution in [1.82, 2.24) is 10.4 Å². The Bertz CT molecular complexity index is 1310.